The zero-order valence-electron chi connectivity index (χ0n) is 13.6. The van der Waals surface area contributed by atoms with Crippen LogP contribution in [0.4, 0.5) is 0 Å². The number of nitrogens with zero attached hydrogens (tertiary/aromatic N) is 1. The molecular formula is C17H19BrN4O3. The highest BCUT2D eigenvalue weighted by atomic mass is 79.9. The Morgan fingerprint density at radius 1 is 1.40 bits per heavy atom. The Balaban J connectivity index is 1.44. The maximum Gasteiger partial charge on any atom is 0.312 e. The molecule has 1 unspecified atom stereocenters. The number of benzene rings is 1. The Morgan fingerprint density at radius 3 is 3.00 bits per heavy atom. The molecule has 132 valence electrons. The zero-order chi connectivity index (χ0) is 17.4. The fourth-order valence-electron chi connectivity index (χ4n) is 3.75. The molecule has 3 N–H and O–H groups in total. The number of nitrogens with one attached hydrogen (secondary N) is 3. The molecule has 1 aromatic heterocycles. The van der Waals surface area contributed by atoms with E-state index in [2.05, 4.69) is 36.5 Å². The first-order valence-electron chi connectivity index (χ1n) is 8.40. The fourth-order valence-corrected chi connectivity index (χ4v) is 4.21. The molecule has 1 aromatic carbocycles. The molecule has 25 heavy (non-hydrogen) atoms. The van der Waals surface area contributed by atoms with Crippen molar-refractivity contribution in [2.75, 3.05) is 19.6 Å². The van der Waals surface area contributed by atoms with E-state index in [1.165, 1.54) is 0 Å². The lowest BCUT2D eigenvalue weighted by Gasteiger charge is -2.29. The molecule has 3 heterocycles. The number of aromatic nitrogens is 2. The van der Waals surface area contributed by atoms with Crippen molar-refractivity contribution in [2.24, 2.45) is 5.41 Å². The van der Waals surface area contributed by atoms with E-state index in [9.17, 15) is 9.59 Å². The van der Waals surface area contributed by atoms with Gasteiger partial charge in [-0.2, -0.15) is 0 Å². The third-order valence-electron chi connectivity index (χ3n) is 5.11. The van der Waals surface area contributed by atoms with Crippen molar-refractivity contribution in [2.45, 2.75) is 25.4 Å². The number of carbonyl (C=O) groups is 2. The van der Waals surface area contributed by atoms with Crippen molar-refractivity contribution in [1.82, 2.24) is 20.6 Å². The molecule has 8 heteroatoms. The van der Waals surface area contributed by atoms with Gasteiger partial charge in [-0.15, -0.1) is 0 Å². The minimum Gasteiger partial charge on any atom is -0.460 e. The van der Waals surface area contributed by atoms with Crippen LogP contribution in [0, 0.1) is 5.41 Å². The van der Waals surface area contributed by atoms with Crippen molar-refractivity contribution in [3.8, 4) is 0 Å². The molecule has 2 saturated heterocycles. The third kappa shape index (κ3) is 3.04. The summed E-state index contributed by atoms with van der Waals surface area (Å²) in [5, 5.41) is 6.16. The maximum atomic E-state index is 12.6. The van der Waals surface area contributed by atoms with Crippen LogP contribution in [0.3, 0.4) is 0 Å². The zero-order valence-corrected chi connectivity index (χ0v) is 15.2. The lowest BCUT2D eigenvalue weighted by atomic mass is 9.76. The molecule has 7 nitrogen and oxygen atoms in total. The quantitative estimate of drug-likeness (QED) is 0.674. The number of hydrogen-bond donors (Lipinski definition) is 3. The number of fused-ring (bicyclic) bond motifs is 1. The Hall–Kier alpha value is -1.93. The second-order valence-electron chi connectivity index (χ2n) is 6.72. The van der Waals surface area contributed by atoms with Gasteiger partial charge in [0, 0.05) is 10.9 Å². The van der Waals surface area contributed by atoms with E-state index in [0.29, 0.717) is 24.0 Å². The molecule has 2 fully saturated rings. The van der Waals surface area contributed by atoms with Gasteiger partial charge in [-0.05, 0) is 38.1 Å². The molecule has 2 aliphatic heterocycles. The molecule has 0 bridgehead atoms. The molecular weight excluding hydrogens is 388 g/mol. The van der Waals surface area contributed by atoms with Gasteiger partial charge in [0.15, 0.2) is 0 Å². The van der Waals surface area contributed by atoms with Crippen LogP contribution in [-0.2, 0) is 9.53 Å². The molecule has 1 amide bonds. The van der Waals surface area contributed by atoms with E-state index in [1.807, 2.05) is 6.07 Å². The Kier molecular flexibility index (Phi) is 4.24. The largest absolute Gasteiger partial charge is 0.460 e. The first-order valence-corrected chi connectivity index (χ1v) is 9.19. The number of cyclic esters (lactones) is 1. The lowest BCUT2D eigenvalue weighted by Crippen LogP contribution is -2.39. The van der Waals surface area contributed by atoms with Crippen molar-refractivity contribution in [1.29, 1.82) is 0 Å². The van der Waals surface area contributed by atoms with E-state index in [4.69, 9.17) is 4.74 Å². The first-order chi connectivity index (χ1) is 12.1. The number of aromatic amines is 1. The first kappa shape index (κ1) is 16.5. The third-order valence-corrected chi connectivity index (χ3v) is 5.57. The minimum atomic E-state index is -0.369. The average Bonchev–Trinajstić information content (AvgIpc) is 3.18. The van der Waals surface area contributed by atoms with Crippen LogP contribution >= 0.6 is 15.9 Å². The van der Waals surface area contributed by atoms with Gasteiger partial charge < -0.3 is 20.4 Å². The summed E-state index contributed by atoms with van der Waals surface area (Å²) in [5.41, 5.74) is 1.54. The lowest BCUT2D eigenvalue weighted by molar-refractivity contribution is -0.149. The maximum absolute atomic E-state index is 12.6. The highest BCUT2D eigenvalue weighted by molar-refractivity contribution is 9.10. The van der Waals surface area contributed by atoms with Gasteiger partial charge in [0.2, 0.25) is 0 Å². The SMILES string of the molecule is O=C(NCC1CC2(CCNCC2)C(=O)O1)c1cc(Br)cc2[nH]cnc12. The van der Waals surface area contributed by atoms with Crippen molar-refractivity contribution in [3.05, 3.63) is 28.5 Å². The molecule has 2 aliphatic rings. The number of hydrogen-bond acceptors (Lipinski definition) is 5. The Labute approximate surface area is 153 Å². The summed E-state index contributed by atoms with van der Waals surface area (Å²) < 4.78 is 6.33. The van der Waals surface area contributed by atoms with E-state index in [1.54, 1.807) is 12.4 Å². The van der Waals surface area contributed by atoms with Gasteiger partial charge in [0.25, 0.3) is 5.91 Å². The summed E-state index contributed by atoms with van der Waals surface area (Å²) in [4.78, 5) is 32.1. The summed E-state index contributed by atoms with van der Waals surface area (Å²) in [5.74, 6) is -0.342. The van der Waals surface area contributed by atoms with Crippen molar-refractivity contribution < 1.29 is 14.3 Å². The number of halogens is 1. The number of rotatable bonds is 3. The molecule has 0 saturated carbocycles. The normalized spacial score (nSPS) is 22.3. The highest BCUT2D eigenvalue weighted by Gasteiger charge is 2.49. The van der Waals surface area contributed by atoms with Crippen LogP contribution in [0.5, 0.6) is 0 Å². The van der Waals surface area contributed by atoms with E-state index in [0.717, 1.165) is 35.9 Å². The summed E-state index contributed by atoms with van der Waals surface area (Å²) >= 11 is 3.41. The second-order valence-corrected chi connectivity index (χ2v) is 7.64. The topological polar surface area (TPSA) is 96.1 Å². The fraction of sp³-hybridized carbons (Fsp3) is 0.471. The highest BCUT2D eigenvalue weighted by Crippen LogP contribution is 2.41. The van der Waals surface area contributed by atoms with Crippen LogP contribution in [-0.4, -0.2) is 47.6 Å². The summed E-state index contributed by atoms with van der Waals surface area (Å²) in [6.07, 6.45) is 3.57. The van der Waals surface area contributed by atoms with Gasteiger partial charge in [-0.1, -0.05) is 15.9 Å². The van der Waals surface area contributed by atoms with E-state index < -0.39 is 0 Å². The monoisotopic (exact) mass is 406 g/mol. The second kappa shape index (κ2) is 6.42. The summed E-state index contributed by atoms with van der Waals surface area (Å²) in [7, 11) is 0. The number of carbonyl (C=O) groups excluding carboxylic acids is 2. The predicted octanol–water partition coefficient (Wildman–Crippen LogP) is 1.74. The number of amides is 1. The van der Waals surface area contributed by atoms with E-state index in [-0.39, 0.29) is 23.4 Å². The van der Waals surface area contributed by atoms with Crippen LogP contribution in [0.15, 0.2) is 22.9 Å². The molecule has 2 aromatic rings. The molecule has 1 atom stereocenters. The molecule has 0 radical (unpaired) electrons. The number of esters is 1. The van der Waals surface area contributed by atoms with Gasteiger partial charge in [-0.3, -0.25) is 9.59 Å². The number of ether oxygens (including phenoxy) is 1. The van der Waals surface area contributed by atoms with Crippen LogP contribution in [0.25, 0.3) is 11.0 Å². The standard InChI is InChI=1S/C17H19BrN4O3/c18-10-5-12(14-13(6-10)21-9-22-14)15(23)20-8-11-7-17(16(24)25-11)1-3-19-4-2-17/h5-6,9,11,19H,1-4,7-8H2,(H,20,23)(H,21,22). The molecule has 1 spiro atoms. The van der Waals surface area contributed by atoms with Gasteiger partial charge in [-0.25, -0.2) is 4.98 Å². The number of imidazole rings is 1. The average molecular weight is 407 g/mol. The van der Waals surface area contributed by atoms with Crippen molar-refractivity contribution >= 4 is 38.8 Å². The Bertz CT molecular complexity index is 828. The smallest absolute Gasteiger partial charge is 0.312 e. The number of piperidine rings is 1. The predicted molar refractivity (Wildman–Crippen MR) is 95.2 cm³/mol. The molecule has 4 rings (SSSR count). The van der Waals surface area contributed by atoms with Gasteiger partial charge in [0.05, 0.1) is 29.4 Å². The van der Waals surface area contributed by atoms with Gasteiger partial charge in [0.1, 0.15) is 11.6 Å². The van der Waals surface area contributed by atoms with Crippen molar-refractivity contribution in [3.63, 3.8) is 0 Å². The van der Waals surface area contributed by atoms with Crippen LogP contribution in [0.2, 0.25) is 0 Å². The number of H-pyrrole nitrogens is 1. The van der Waals surface area contributed by atoms with Crippen LogP contribution in [0.1, 0.15) is 29.6 Å². The summed E-state index contributed by atoms with van der Waals surface area (Å²) in [6, 6.07) is 3.62. The Morgan fingerprint density at radius 2 is 2.20 bits per heavy atom. The summed E-state index contributed by atoms with van der Waals surface area (Å²) in [6.45, 7) is 1.99. The van der Waals surface area contributed by atoms with Gasteiger partial charge >= 0.3 is 5.97 Å². The van der Waals surface area contributed by atoms with Crippen LogP contribution < -0.4 is 10.6 Å². The minimum absolute atomic E-state index is 0.120. The van der Waals surface area contributed by atoms with E-state index >= 15 is 0 Å². The molecule has 0 aliphatic carbocycles.